The smallest absolute Gasteiger partial charge is 0.159 e. The molecular formula is C23H27N3O3. The van der Waals surface area contributed by atoms with Crippen LogP contribution in [0.1, 0.15) is 17.5 Å². The second kappa shape index (κ2) is 8.25. The number of ether oxygens (including phenoxy) is 3. The monoisotopic (exact) mass is 393 g/mol. The molecule has 0 atom stereocenters. The van der Waals surface area contributed by atoms with Crippen LogP contribution >= 0.6 is 0 Å². The van der Waals surface area contributed by atoms with E-state index in [1.165, 1.54) is 19.5 Å². The van der Waals surface area contributed by atoms with Gasteiger partial charge in [-0.1, -0.05) is 0 Å². The summed E-state index contributed by atoms with van der Waals surface area (Å²) in [7, 11) is 3.27. The minimum atomic E-state index is 0.672. The Hall–Kier alpha value is -2.86. The third kappa shape index (κ3) is 3.98. The van der Waals surface area contributed by atoms with Crippen LogP contribution in [0.4, 0.5) is 0 Å². The lowest BCUT2D eigenvalue weighted by Crippen LogP contribution is -2.39. The molecule has 0 spiro atoms. The number of fused-ring (bicyclic) bond motifs is 1. The SMILES string of the molecule is COc1cc(OC)c2cnc(-c3cc(C)c(OCCN4CCC4)c(C)c3)nc2c1. The van der Waals surface area contributed by atoms with Crippen molar-refractivity contribution in [3.05, 3.63) is 41.6 Å². The summed E-state index contributed by atoms with van der Waals surface area (Å²) in [5, 5.41) is 0.858. The molecule has 0 unspecified atom stereocenters. The van der Waals surface area contributed by atoms with E-state index in [0.717, 1.165) is 39.9 Å². The van der Waals surface area contributed by atoms with Crippen molar-refractivity contribution in [3.8, 4) is 28.6 Å². The number of aryl methyl sites for hydroxylation is 2. The maximum atomic E-state index is 6.08. The van der Waals surface area contributed by atoms with E-state index in [2.05, 4.69) is 35.9 Å². The zero-order valence-electron chi connectivity index (χ0n) is 17.5. The Morgan fingerprint density at radius 1 is 1.00 bits per heavy atom. The number of benzene rings is 2. The molecule has 29 heavy (non-hydrogen) atoms. The van der Waals surface area contributed by atoms with Gasteiger partial charge < -0.3 is 14.2 Å². The molecule has 1 aliphatic heterocycles. The Morgan fingerprint density at radius 3 is 2.38 bits per heavy atom. The molecule has 3 aromatic rings. The zero-order chi connectivity index (χ0) is 20.4. The number of rotatable bonds is 7. The van der Waals surface area contributed by atoms with Gasteiger partial charge in [0.05, 0.1) is 25.1 Å². The van der Waals surface area contributed by atoms with Gasteiger partial charge in [-0.3, -0.25) is 4.90 Å². The fraction of sp³-hybridized carbons (Fsp3) is 0.391. The Kier molecular flexibility index (Phi) is 5.53. The van der Waals surface area contributed by atoms with Gasteiger partial charge in [0, 0.05) is 30.4 Å². The maximum absolute atomic E-state index is 6.08. The van der Waals surface area contributed by atoms with E-state index >= 15 is 0 Å². The lowest BCUT2D eigenvalue weighted by Gasteiger charge is -2.30. The topological polar surface area (TPSA) is 56.7 Å². The standard InChI is InChI=1S/C23H27N3O3/c1-15-10-17(11-16(2)22(15)29-9-8-26-6-5-7-26)23-24-14-19-20(25-23)12-18(27-3)13-21(19)28-4/h10-14H,5-9H2,1-4H3. The van der Waals surface area contributed by atoms with Crippen LogP contribution < -0.4 is 14.2 Å². The second-order valence-electron chi connectivity index (χ2n) is 7.44. The number of aromatic nitrogens is 2. The van der Waals surface area contributed by atoms with Gasteiger partial charge in [0.1, 0.15) is 23.9 Å². The van der Waals surface area contributed by atoms with Crippen molar-refractivity contribution >= 4 is 10.9 Å². The van der Waals surface area contributed by atoms with E-state index in [0.29, 0.717) is 23.9 Å². The first-order valence-corrected chi connectivity index (χ1v) is 9.94. The van der Waals surface area contributed by atoms with E-state index in [-0.39, 0.29) is 0 Å². The molecule has 2 aromatic carbocycles. The minimum Gasteiger partial charge on any atom is -0.497 e. The number of hydrogen-bond acceptors (Lipinski definition) is 6. The van der Waals surface area contributed by atoms with E-state index < -0.39 is 0 Å². The third-order valence-corrected chi connectivity index (χ3v) is 5.41. The molecule has 0 saturated carbocycles. The van der Waals surface area contributed by atoms with Crippen LogP contribution in [0.25, 0.3) is 22.3 Å². The third-order valence-electron chi connectivity index (χ3n) is 5.41. The Bertz CT molecular complexity index is 1010. The van der Waals surface area contributed by atoms with E-state index in [4.69, 9.17) is 19.2 Å². The fourth-order valence-corrected chi connectivity index (χ4v) is 3.69. The highest BCUT2D eigenvalue weighted by Crippen LogP contribution is 2.33. The predicted molar refractivity (Wildman–Crippen MR) is 114 cm³/mol. The summed E-state index contributed by atoms with van der Waals surface area (Å²) in [5.41, 5.74) is 3.95. The molecule has 6 heteroatoms. The highest BCUT2D eigenvalue weighted by molar-refractivity contribution is 5.87. The van der Waals surface area contributed by atoms with Crippen LogP contribution in [-0.4, -0.2) is 55.3 Å². The van der Waals surface area contributed by atoms with E-state index in [9.17, 15) is 0 Å². The first kappa shape index (κ1) is 19.5. The fourth-order valence-electron chi connectivity index (χ4n) is 3.69. The number of nitrogens with zero attached hydrogens (tertiary/aromatic N) is 3. The van der Waals surface area contributed by atoms with Crippen molar-refractivity contribution in [3.63, 3.8) is 0 Å². The van der Waals surface area contributed by atoms with Crippen LogP contribution in [-0.2, 0) is 0 Å². The molecule has 1 aliphatic rings. The number of likely N-dealkylation sites (tertiary alicyclic amines) is 1. The van der Waals surface area contributed by atoms with Crippen LogP contribution in [0.2, 0.25) is 0 Å². The molecule has 0 N–H and O–H groups in total. The summed E-state index contributed by atoms with van der Waals surface area (Å²) < 4.78 is 16.9. The molecule has 1 fully saturated rings. The average molecular weight is 393 g/mol. The number of hydrogen-bond donors (Lipinski definition) is 0. The van der Waals surface area contributed by atoms with Gasteiger partial charge in [-0.05, 0) is 56.6 Å². The van der Waals surface area contributed by atoms with Gasteiger partial charge in [0.15, 0.2) is 5.82 Å². The largest absolute Gasteiger partial charge is 0.497 e. The van der Waals surface area contributed by atoms with Crippen LogP contribution in [0.15, 0.2) is 30.5 Å². The van der Waals surface area contributed by atoms with Crippen LogP contribution in [0, 0.1) is 13.8 Å². The van der Waals surface area contributed by atoms with Gasteiger partial charge in [-0.25, -0.2) is 9.97 Å². The molecule has 0 radical (unpaired) electrons. The van der Waals surface area contributed by atoms with Crippen LogP contribution in [0.3, 0.4) is 0 Å². The molecule has 0 amide bonds. The normalized spacial score (nSPS) is 13.9. The lowest BCUT2D eigenvalue weighted by molar-refractivity contribution is 0.146. The molecule has 152 valence electrons. The highest BCUT2D eigenvalue weighted by Gasteiger charge is 2.15. The molecule has 6 nitrogen and oxygen atoms in total. The molecule has 2 heterocycles. The van der Waals surface area contributed by atoms with E-state index in [1.807, 2.05) is 12.1 Å². The van der Waals surface area contributed by atoms with Crippen molar-refractivity contribution in [1.29, 1.82) is 0 Å². The maximum Gasteiger partial charge on any atom is 0.159 e. The summed E-state index contributed by atoms with van der Waals surface area (Å²) in [4.78, 5) is 11.7. The van der Waals surface area contributed by atoms with Crippen LogP contribution in [0.5, 0.6) is 17.2 Å². The summed E-state index contributed by atoms with van der Waals surface area (Å²) in [6.07, 6.45) is 3.11. The average Bonchev–Trinajstić information content (AvgIpc) is 2.69. The van der Waals surface area contributed by atoms with Gasteiger partial charge in [0.2, 0.25) is 0 Å². The Labute approximate surface area is 171 Å². The molecule has 0 aliphatic carbocycles. The van der Waals surface area contributed by atoms with Crippen molar-refractivity contribution in [2.24, 2.45) is 0 Å². The Morgan fingerprint density at radius 2 is 1.76 bits per heavy atom. The molecular weight excluding hydrogens is 366 g/mol. The minimum absolute atomic E-state index is 0.672. The summed E-state index contributed by atoms with van der Waals surface area (Å²) >= 11 is 0. The molecule has 1 aromatic heterocycles. The van der Waals surface area contributed by atoms with Gasteiger partial charge in [-0.2, -0.15) is 0 Å². The highest BCUT2D eigenvalue weighted by atomic mass is 16.5. The van der Waals surface area contributed by atoms with Gasteiger partial charge in [0.25, 0.3) is 0 Å². The van der Waals surface area contributed by atoms with E-state index in [1.54, 1.807) is 20.4 Å². The zero-order valence-corrected chi connectivity index (χ0v) is 17.5. The summed E-state index contributed by atoms with van der Waals surface area (Å²) in [6, 6.07) is 7.91. The Balaban J connectivity index is 1.62. The molecule has 1 saturated heterocycles. The summed E-state index contributed by atoms with van der Waals surface area (Å²) in [5.74, 6) is 3.03. The first-order valence-electron chi connectivity index (χ1n) is 9.94. The summed E-state index contributed by atoms with van der Waals surface area (Å²) in [6.45, 7) is 8.22. The first-order chi connectivity index (χ1) is 14.1. The van der Waals surface area contributed by atoms with Crippen molar-refractivity contribution < 1.29 is 14.2 Å². The lowest BCUT2D eigenvalue weighted by atomic mass is 10.0. The van der Waals surface area contributed by atoms with Gasteiger partial charge in [-0.15, -0.1) is 0 Å². The number of methoxy groups -OCH3 is 2. The molecule has 0 bridgehead atoms. The van der Waals surface area contributed by atoms with Crippen molar-refractivity contribution in [2.45, 2.75) is 20.3 Å². The van der Waals surface area contributed by atoms with Crippen molar-refractivity contribution in [2.75, 3.05) is 40.5 Å². The second-order valence-corrected chi connectivity index (χ2v) is 7.44. The predicted octanol–water partition coefficient (Wildman–Crippen LogP) is 4.02. The van der Waals surface area contributed by atoms with Gasteiger partial charge >= 0.3 is 0 Å². The van der Waals surface area contributed by atoms with Crippen molar-refractivity contribution in [1.82, 2.24) is 14.9 Å². The quantitative estimate of drug-likeness (QED) is 0.604. The molecule has 4 rings (SSSR count).